The molecule has 0 N–H and O–H groups in total. The molecule has 0 atom stereocenters. The van der Waals surface area contributed by atoms with Crippen LogP contribution >= 0.6 is 0 Å². The molecule has 1 saturated heterocycles. The number of nitrogens with zero attached hydrogens (tertiary/aromatic N) is 2. The van der Waals surface area contributed by atoms with E-state index in [-0.39, 0.29) is 6.09 Å². The fraction of sp³-hybridized carbons (Fsp3) is 0.562. The highest BCUT2D eigenvalue weighted by molar-refractivity contribution is 6.32. The Morgan fingerprint density at radius 3 is 2.33 bits per heavy atom. The summed E-state index contributed by atoms with van der Waals surface area (Å²) in [6.45, 7) is 10.7. The smallest absolute Gasteiger partial charge is 0.410 e. The minimum atomic E-state index is -0.443. The van der Waals surface area contributed by atoms with Gasteiger partial charge in [-0.05, 0) is 39.3 Å². The van der Waals surface area contributed by atoms with Crippen molar-refractivity contribution in [1.29, 1.82) is 0 Å². The van der Waals surface area contributed by atoms with Crippen molar-refractivity contribution < 1.29 is 9.53 Å². The lowest BCUT2D eigenvalue weighted by Crippen LogP contribution is -2.50. The first-order valence-corrected chi connectivity index (χ1v) is 7.35. The molecule has 2 rings (SSSR count). The summed E-state index contributed by atoms with van der Waals surface area (Å²) in [6.07, 6.45) is -0.226. The van der Waals surface area contributed by atoms with Gasteiger partial charge in [-0.2, -0.15) is 0 Å². The molecule has 21 heavy (non-hydrogen) atoms. The summed E-state index contributed by atoms with van der Waals surface area (Å²) in [7, 11) is 5.79. The lowest BCUT2D eigenvalue weighted by molar-refractivity contribution is 0.0240. The molecule has 1 aliphatic rings. The maximum atomic E-state index is 12.0. The first kappa shape index (κ1) is 15.7. The van der Waals surface area contributed by atoms with E-state index in [2.05, 4.69) is 11.8 Å². The van der Waals surface area contributed by atoms with Crippen molar-refractivity contribution in [2.24, 2.45) is 0 Å². The molecular weight excluding hydrogens is 263 g/mol. The number of amides is 1. The van der Waals surface area contributed by atoms with Gasteiger partial charge in [0.15, 0.2) is 0 Å². The zero-order valence-corrected chi connectivity index (χ0v) is 13.3. The Morgan fingerprint density at radius 1 is 1.19 bits per heavy atom. The van der Waals surface area contributed by atoms with Crippen LogP contribution < -0.4 is 10.4 Å². The average molecular weight is 286 g/mol. The first-order valence-electron chi connectivity index (χ1n) is 7.35. The summed E-state index contributed by atoms with van der Waals surface area (Å²) >= 11 is 0. The van der Waals surface area contributed by atoms with E-state index in [9.17, 15) is 4.79 Å². The molecular formula is C16H23BN2O2. The Balaban J connectivity index is 1.95. The van der Waals surface area contributed by atoms with E-state index >= 15 is 0 Å². The number of hydrogen-bond donors (Lipinski definition) is 0. The molecule has 1 aromatic carbocycles. The zero-order chi connectivity index (χ0) is 15.6. The Labute approximate surface area is 128 Å². The van der Waals surface area contributed by atoms with Gasteiger partial charge in [0.05, 0.1) is 0 Å². The van der Waals surface area contributed by atoms with E-state index in [0.29, 0.717) is 13.1 Å². The van der Waals surface area contributed by atoms with Crippen molar-refractivity contribution in [3.05, 3.63) is 23.8 Å². The molecule has 0 spiro atoms. The predicted molar refractivity (Wildman–Crippen MR) is 86.6 cm³/mol. The van der Waals surface area contributed by atoms with Gasteiger partial charge in [-0.25, -0.2) is 4.79 Å². The van der Waals surface area contributed by atoms with Gasteiger partial charge < -0.3 is 14.5 Å². The number of piperazine rings is 1. The van der Waals surface area contributed by atoms with Crippen molar-refractivity contribution in [3.63, 3.8) is 0 Å². The number of carbonyl (C=O) groups is 1. The molecule has 0 saturated carbocycles. The molecule has 4 nitrogen and oxygen atoms in total. The molecule has 1 fully saturated rings. The first-order chi connectivity index (χ1) is 9.76. The molecule has 1 heterocycles. The van der Waals surface area contributed by atoms with Crippen molar-refractivity contribution in [3.8, 4) is 0 Å². The van der Waals surface area contributed by atoms with Gasteiger partial charge in [-0.3, -0.25) is 0 Å². The molecule has 112 valence electrons. The lowest BCUT2D eigenvalue weighted by atomic mass is 9.93. The van der Waals surface area contributed by atoms with Crippen molar-refractivity contribution in [2.75, 3.05) is 31.1 Å². The molecule has 1 aliphatic heterocycles. The van der Waals surface area contributed by atoms with Crippen LogP contribution in [0.2, 0.25) is 0 Å². The summed E-state index contributed by atoms with van der Waals surface area (Å²) < 4.78 is 5.41. The SMILES string of the molecule is [B]c1ccc(N2CCN(C(=O)OC(C)(C)C)CC2)c(C)c1. The predicted octanol–water partition coefficient (Wildman–Crippen LogP) is 1.85. The Hall–Kier alpha value is -1.65. The van der Waals surface area contributed by atoms with Crippen LogP contribution in [0.25, 0.3) is 0 Å². The fourth-order valence-corrected chi connectivity index (χ4v) is 2.49. The molecule has 2 radical (unpaired) electrons. The second-order valence-electron chi connectivity index (χ2n) is 6.50. The molecule has 0 aromatic heterocycles. The van der Waals surface area contributed by atoms with Crippen LogP contribution in [0.4, 0.5) is 10.5 Å². The van der Waals surface area contributed by atoms with Crippen LogP contribution in [0.15, 0.2) is 18.2 Å². The molecule has 1 aromatic rings. The minimum Gasteiger partial charge on any atom is -0.444 e. The summed E-state index contributed by atoms with van der Waals surface area (Å²) in [6, 6.07) is 5.95. The van der Waals surface area contributed by atoms with E-state index in [1.807, 2.05) is 39.0 Å². The quantitative estimate of drug-likeness (QED) is 0.739. The van der Waals surface area contributed by atoms with E-state index < -0.39 is 5.60 Å². The van der Waals surface area contributed by atoms with E-state index in [0.717, 1.165) is 18.6 Å². The number of aryl methyl sites for hydroxylation is 1. The van der Waals surface area contributed by atoms with Crippen LogP contribution in [0.3, 0.4) is 0 Å². The number of anilines is 1. The molecule has 1 amide bonds. The standard InChI is InChI=1S/C16H23BN2O2/c1-12-11-13(17)5-6-14(12)18-7-9-19(10-8-18)15(20)21-16(2,3)4/h5-6,11H,7-10H2,1-4H3. The Morgan fingerprint density at radius 2 is 1.81 bits per heavy atom. The van der Waals surface area contributed by atoms with Crippen molar-refractivity contribution >= 4 is 25.1 Å². The van der Waals surface area contributed by atoms with Crippen LogP contribution in [0.1, 0.15) is 26.3 Å². The van der Waals surface area contributed by atoms with E-state index in [1.54, 1.807) is 4.90 Å². The second kappa shape index (κ2) is 6.00. The van der Waals surface area contributed by atoms with Crippen LogP contribution in [0, 0.1) is 6.92 Å². The highest BCUT2D eigenvalue weighted by atomic mass is 16.6. The van der Waals surface area contributed by atoms with Crippen molar-refractivity contribution in [1.82, 2.24) is 4.90 Å². The molecule has 0 aliphatic carbocycles. The fourth-order valence-electron chi connectivity index (χ4n) is 2.49. The summed E-state index contributed by atoms with van der Waals surface area (Å²) in [5.41, 5.74) is 2.69. The Kier molecular flexibility index (Phi) is 4.50. The highest BCUT2D eigenvalue weighted by Gasteiger charge is 2.26. The maximum absolute atomic E-state index is 12.0. The van der Waals surface area contributed by atoms with Crippen molar-refractivity contribution in [2.45, 2.75) is 33.3 Å². The van der Waals surface area contributed by atoms with Crippen LogP contribution in [-0.2, 0) is 4.74 Å². The van der Waals surface area contributed by atoms with Gasteiger partial charge in [0.2, 0.25) is 0 Å². The second-order valence-corrected chi connectivity index (χ2v) is 6.50. The average Bonchev–Trinajstić information content (AvgIpc) is 2.37. The third-order valence-corrected chi connectivity index (χ3v) is 3.49. The summed E-state index contributed by atoms with van der Waals surface area (Å²) in [4.78, 5) is 16.1. The third kappa shape index (κ3) is 4.16. The highest BCUT2D eigenvalue weighted by Crippen LogP contribution is 2.20. The number of rotatable bonds is 1. The van der Waals surface area contributed by atoms with Gasteiger partial charge in [-0.1, -0.05) is 17.6 Å². The maximum Gasteiger partial charge on any atom is 0.410 e. The monoisotopic (exact) mass is 286 g/mol. The minimum absolute atomic E-state index is 0.226. The summed E-state index contributed by atoms with van der Waals surface area (Å²) in [5.74, 6) is 0. The summed E-state index contributed by atoms with van der Waals surface area (Å²) in [5, 5.41) is 0. The topological polar surface area (TPSA) is 32.8 Å². The van der Waals surface area contributed by atoms with Gasteiger partial charge in [0.1, 0.15) is 13.4 Å². The Bertz CT molecular complexity index is 517. The number of ether oxygens (including phenoxy) is 1. The van der Waals surface area contributed by atoms with Crippen LogP contribution in [-0.4, -0.2) is 50.6 Å². The lowest BCUT2D eigenvalue weighted by Gasteiger charge is -2.37. The van der Waals surface area contributed by atoms with Gasteiger partial charge in [0, 0.05) is 31.9 Å². The third-order valence-electron chi connectivity index (χ3n) is 3.49. The van der Waals surface area contributed by atoms with Gasteiger partial charge in [0.25, 0.3) is 0 Å². The molecule has 5 heteroatoms. The number of hydrogen-bond acceptors (Lipinski definition) is 3. The normalized spacial score (nSPS) is 16.0. The zero-order valence-electron chi connectivity index (χ0n) is 13.3. The molecule has 0 bridgehead atoms. The van der Waals surface area contributed by atoms with E-state index in [4.69, 9.17) is 12.6 Å². The molecule has 0 unspecified atom stereocenters. The largest absolute Gasteiger partial charge is 0.444 e. The van der Waals surface area contributed by atoms with Gasteiger partial charge in [-0.15, -0.1) is 0 Å². The van der Waals surface area contributed by atoms with Gasteiger partial charge >= 0.3 is 6.09 Å². The number of benzene rings is 1. The van der Waals surface area contributed by atoms with Crippen LogP contribution in [0.5, 0.6) is 0 Å². The van der Waals surface area contributed by atoms with E-state index in [1.165, 1.54) is 11.3 Å². The number of carbonyl (C=O) groups excluding carboxylic acids is 1.